The largest absolute Gasteiger partial charge is 0.477 e. The van der Waals surface area contributed by atoms with Gasteiger partial charge in [-0.05, 0) is 56.6 Å². The minimum absolute atomic E-state index is 0.297. The molecule has 7 rings (SSSR count). The second kappa shape index (κ2) is 10.8. The first kappa shape index (κ1) is 26.1. The van der Waals surface area contributed by atoms with Gasteiger partial charge in [0.2, 0.25) is 15.9 Å². The monoisotopic (exact) mass is 569 g/mol. The average molecular weight is 570 g/mol. The molecular formula is C26H31N7O4S2. The lowest BCUT2D eigenvalue weighted by atomic mass is 9.71. The SMILES string of the molecule is CCOc1cncc(-c2cnc(C(=O)N[C@H](CN3C[C@H]4C[C@@H](C3)C4)c3cc(NS(=O)(=O)C4CC4)ccn3)s2)n1. The molecule has 206 valence electrons. The summed E-state index contributed by atoms with van der Waals surface area (Å²) in [5.74, 6) is 1.51. The summed E-state index contributed by atoms with van der Waals surface area (Å²) >= 11 is 1.23. The number of aromatic nitrogens is 4. The van der Waals surface area contributed by atoms with Gasteiger partial charge in [-0.2, -0.15) is 0 Å². The van der Waals surface area contributed by atoms with Crippen molar-refractivity contribution < 1.29 is 17.9 Å². The number of anilines is 1. The number of fused-ring (bicyclic) bond motifs is 2. The third kappa shape index (κ3) is 6.04. The number of carbonyl (C=O) groups is 1. The highest BCUT2D eigenvalue weighted by Gasteiger charge is 2.38. The van der Waals surface area contributed by atoms with Gasteiger partial charge < -0.3 is 15.0 Å². The number of carbonyl (C=O) groups excluding carboxylic acids is 1. The van der Waals surface area contributed by atoms with Crippen LogP contribution in [0.2, 0.25) is 0 Å². The summed E-state index contributed by atoms with van der Waals surface area (Å²) in [6.45, 7) is 4.93. The fourth-order valence-corrected chi connectivity index (χ4v) is 7.48. The van der Waals surface area contributed by atoms with Crippen LogP contribution in [0.25, 0.3) is 10.6 Å². The lowest BCUT2D eigenvalue weighted by Crippen LogP contribution is -2.51. The van der Waals surface area contributed by atoms with Crippen LogP contribution in [-0.4, -0.2) is 70.7 Å². The third-order valence-corrected chi connectivity index (χ3v) is 10.2. The summed E-state index contributed by atoms with van der Waals surface area (Å²) in [6.07, 6.45) is 10.3. The first-order valence-electron chi connectivity index (χ1n) is 13.3. The molecule has 2 aliphatic heterocycles. The molecule has 2 N–H and O–H groups in total. The number of pyridine rings is 1. The molecule has 13 heteroatoms. The van der Waals surface area contributed by atoms with Gasteiger partial charge in [-0.15, -0.1) is 11.3 Å². The Kier molecular flexibility index (Phi) is 7.21. The molecule has 11 nitrogen and oxygen atoms in total. The van der Waals surface area contributed by atoms with Crippen molar-refractivity contribution in [3.8, 4) is 16.5 Å². The molecule has 2 aliphatic carbocycles. The Bertz CT molecular complexity index is 1440. The standard InChI is InChI=1S/C26H31N7O4S2/c1-2-37-24-12-27-10-21(30-24)23-11-29-26(38-23)25(34)31-22(15-33-13-16-7-17(8-16)14-33)20-9-18(5-6-28-20)32-39(35,36)19-3-4-19/h5-6,9-12,16-17,19,22H,2-4,7-8,13-15H2,1H3,(H,28,32)(H,31,34)/t16-,17+,22-/m1/s1. The van der Waals surface area contributed by atoms with Crippen molar-refractivity contribution in [3.05, 3.63) is 47.6 Å². The summed E-state index contributed by atoms with van der Waals surface area (Å²) in [4.78, 5) is 34.0. The van der Waals surface area contributed by atoms with Crippen molar-refractivity contribution in [2.75, 3.05) is 31.0 Å². The Hall–Kier alpha value is -3.16. The molecular weight excluding hydrogens is 538 g/mol. The molecule has 0 spiro atoms. The van der Waals surface area contributed by atoms with Gasteiger partial charge in [-0.1, -0.05) is 0 Å². The summed E-state index contributed by atoms with van der Waals surface area (Å²) in [5.41, 5.74) is 1.64. The number of thiazole rings is 1. The van der Waals surface area contributed by atoms with Gasteiger partial charge in [0.1, 0.15) is 5.69 Å². The molecule has 39 heavy (non-hydrogen) atoms. The van der Waals surface area contributed by atoms with E-state index in [0.717, 1.165) is 13.1 Å². The molecule has 3 aromatic rings. The molecule has 4 fully saturated rings. The Morgan fingerprint density at radius 3 is 2.72 bits per heavy atom. The van der Waals surface area contributed by atoms with Crippen molar-refractivity contribution in [1.82, 2.24) is 30.2 Å². The maximum atomic E-state index is 13.4. The van der Waals surface area contributed by atoms with Crippen LogP contribution in [0.1, 0.15) is 54.1 Å². The Morgan fingerprint density at radius 1 is 1.18 bits per heavy atom. The van der Waals surface area contributed by atoms with Gasteiger partial charge in [0.05, 0.1) is 46.6 Å². The van der Waals surface area contributed by atoms with E-state index in [4.69, 9.17) is 4.74 Å². The number of nitrogens with one attached hydrogen (secondary N) is 2. The lowest BCUT2D eigenvalue weighted by molar-refractivity contribution is 0.0218. The van der Waals surface area contributed by atoms with Crippen molar-refractivity contribution >= 4 is 33.0 Å². The highest BCUT2D eigenvalue weighted by atomic mass is 32.2. The molecule has 0 aromatic carbocycles. The Labute approximate surface area is 231 Å². The van der Waals surface area contributed by atoms with Crippen LogP contribution >= 0.6 is 11.3 Å². The van der Waals surface area contributed by atoms with Crippen LogP contribution in [-0.2, 0) is 10.0 Å². The van der Waals surface area contributed by atoms with Gasteiger partial charge in [-0.25, -0.2) is 18.4 Å². The fraction of sp³-hybridized carbons (Fsp3) is 0.500. The number of rotatable bonds is 11. The number of piperidine rings is 2. The first-order chi connectivity index (χ1) is 18.9. The highest BCUT2D eigenvalue weighted by molar-refractivity contribution is 7.93. The average Bonchev–Trinajstić information content (AvgIpc) is 3.66. The van der Waals surface area contributed by atoms with Crippen LogP contribution in [0.4, 0.5) is 5.69 Å². The Balaban J connectivity index is 1.21. The number of ether oxygens (including phenoxy) is 1. The van der Waals surface area contributed by atoms with Gasteiger partial charge in [-0.3, -0.25) is 19.5 Å². The molecule has 0 unspecified atom stereocenters. The van der Waals surface area contributed by atoms with E-state index in [1.807, 2.05) is 6.92 Å². The van der Waals surface area contributed by atoms with E-state index in [9.17, 15) is 13.2 Å². The number of amides is 1. The predicted octanol–water partition coefficient (Wildman–Crippen LogP) is 3.11. The summed E-state index contributed by atoms with van der Waals surface area (Å²) in [5, 5.41) is 3.08. The minimum Gasteiger partial charge on any atom is -0.477 e. The smallest absolute Gasteiger partial charge is 0.280 e. The quantitative estimate of drug-likeness (QED) is 0.356. The van der Waals surface area contributed by atoms with E-state index in [1.54, 1.807) is 36.9 Å². The van der Waals surface area contributed by atoms with Crippen LogP contribution < -0.4 is 14.8 Å². The van der Waals surface area contributed by atoms with Gasteiger partial charge >= 0.3 is 0 Å². The molecule has 2 bridgehead atoms. The van der Waals surface area contributed by atoms with E-state index in [-0.39, 0.29) is 11.2 Å². The van der Waals surface area contributed by atoms with E-state index < -0.39 is 16.1 Å². The second-order valence-corrected chi connectivity index (χ2v) is 13.5. The van der Waals surface area contributed by atoms with Crippen molar-refractivity contribution in [2.24, 2.45) is 11.8 Å². The second-order valence-electron chi connectivity index (χ2n) is 10.5. The van der Waals surface area contributed by atoms with Gasteiger partial charge in [0.25, 0.3) is 5.91 Å². The fourth-order valence-electron chi connectivity index (χ4n) is 5.33. The van der Waals surface area contributed by atoms with Crippen molar-refractivity contribution in [1.29, 1.82) is 0 Å². The molecule has 2 saturated heterocycles. The van der Waals surface area contributed by atoms with Crippen LogP contribution in [0.3, 0.4) is 0 Å². The number of hydrogen-bond acceptors (Lipinski definition) is 10. The zero-order valence-electron chi connectivity index (χ0n) is 21.6. The summed E-state index contributed by atoms with van der Waals surface area (Å²) in [7, 11) is -3.41. The molecule has 2 saturated carbocycles. The lowest BCUT2D eigenvalue weighted by Gasteiger charge is -2.48. The molecule has 1 atom stereocenters. The van der Waals surface area contributed by atoms with E-state index >= 15 is 0 Å². The van der Waals surface area contributed by atoms with Gasteiger partial charge in [0.15, 0.2) is 5.01 Å². The van der Waals surface area contributed by atoms with Gasteiger partial charge in [0, 0.05) is 32.0 Å². The number of sulfonamides is 1. The summed E-state index contributed by atoms with van der Waals surface area (Å²) in [6, 6.07) is 2.93. The predicted molar refractivity (Wildman–Crippen MR) is 147 cm³/mol. The molecule has 3 aromatic heterocycles. The van der Waals surface area contributed by atoms with E-state index in [1.165, 1.54) is 24.2 Å². The topological polar surface area (TPSA) is 139 Å². The van der Waals surface area contributed by atoms with Crippen LogP contribution in [0, 0.1) is 11.8 Å². The Morgan fingerprint density at radius 2 is 1.97 bits per heavy atom. The number of hydrogen-bond donors (Lipinski definition) is 2. The number of nitrogens with zero attached hydrogens (tertiary/aromatic N) is 5. The van der Waals surface area contributed by atoms with Crippen molar-refractivity contribution in [2.45, 2.75) is 43.9 Å². The first-order valence-corrected chi connectivity index (χ1v) is 15.6. The molecule has 4 aliphatic rings. The molecule has 0 radical (unpaired) electrons. The normalized spacial score (nSPS) is 21.6. The van der Waals surface area contributed by atoms with E-state index in [0.29, 0.717) is 70.7 Å². The zero-order valence-corrected chi connectivity index (χ0v) is 23.2. The highest BCUT2D eigenvalue weighted by Crippen LogP contribution is 2.40. The minimum atomic E-state index is -3.41. The third-order valence-electron chi connectivity index (χ3n) is 7.33. The van der Waals surface area contributed by atoms with Crippen LogP contribution in [0.15, 0.2) is 36.9 Å². The maximum absolute atomic E-state index is 13.4. The van der Waals surface area contributed by atoms with Crippen molar-refractivity contribution in [3.63, 3.8) is 0 Å². The van der Waals surface area contributed by atoms with E-state index in [2.05, 4.69) is 34.9 Å². The zero-order chi connectivity index (χ0) is 27.0. The molecule has 5 heterocycles. The maximum Gasteiger partial charge on any atom is 0.280 e. The summed E-state index contributed by atoms with van der Waals surface area (Å²) < 4.78 is 33.1. The van der Waals surface area contributed by atoms with Crippen LogP contribution in [0.5, 0.6) is 5.88 Å². The molecule has 1 amide bonds.